The fraction of sp³-hybridized carbons (Fsp3) is 0. The molecule has 0 saturated carbocycles. The fourth-order valence-corrected chi connectivity index (χ4v) is 3.70. The van der Waals surface area contributed by atoms with E-state index in [1.165, 1.54) is 12.1 Å². The van der Waals surface area contributed by atoms with Gasteiger partial charge in [-0.05, 0) is 36.4 Å². The molecule has 0 radical (unpaired) electrons. The molecule has 118 valence electrons. The van der Waals surface area contributed by atoms with E-state index in [4.69, 9.17) is 23.2 Å². The molecule has 0 aliphatic rings. The van der Waals surface area contributed by atoms with Crippen LogP contribution in [0.3, 0.4) is 0 Å². The summed E-state index contributed by atoms with van der Waals surface area (Å²) >= 11 is 11.9. The largest absolute Gasteiger partial charge is 0.503 e. The average Bonchev–Trinajstić information content (AvgIpc) is 2.86. The monoisotopic (exact) mass is 368 g/mol. The molecule has 0 fully saturated rings. The van der Waals surface area contributed by atoms with Crippen LogP contribution in [-0.4, -0.2) is 23.3 Å². The molecule has 1 heterocycles. The first-order chi connectivity index (χ1) is 10.9. The highest BCUT2D eigenvalue weighted by Gasteiger charge is 2.29. The van der Waals surface area contributed by atoms with Crippen molar-refractivity contribution in [2.24, 2.45) is 0 Å². The number of aromatic hydroxyl groups is 1. The summed E-state index contributed by atoms with van der Waals surface area (Å²) in [5, 5.41) is 13.9. The number of rotatable bonds is 3. The number of aromatic nitrogens is 2. The molecule has 2 aromatic carbocycles. The molecule has 5 nitrogen and oxygen atoms in total. The summed E-state index contributed by atoms with van der Waals surface area (Å²) in [5.41, 5.74) is 0.476. The molecule has 0 saturated heterocycles. The van der Waals surface area contributed by atoms with Crippen molar-refractivity contribution in [3.63, 3.8) is 0 Å². The quantitative estimate of drug-likeness (QED) is 0.764. The van der Waals surface area contributed by atoms with E-state index in [2.05, 4.69) is 5.10 Å². The van der Waals surface area contributed by atoms with Crippen LogP contribution in [0.4, 0.5) is 0 Å². The van der Waals surface area contributed by atoms with Gasteiger partial charge >= 0.3 is 0 Å². The van der Waals surface area contributed by atoms with Crippen molar-refractivity contribution in [2.75, 3.05) is 0 Å². The number of sulfone groups is 1. The van der Waals surface area contributed by atoms with Gasteiger partial charge in [0.05, 0.1) is 10.6 Å². The molecule has 0 spiro atoms. The Balaban J connectivity index is 2.16. The Morgan fingerprint density at radius 3 is 2.17 bits per heavy atom. The third-order valence-electron chi connectivity index (χ3n) is 3.15. The normalized spacial score (nSPS) is 11.6. The van der Waals surface area contributed by atoms with Crippen LogP contribution in [0.25, 0.3) is 5.69 Å². The van der Waals surface area contributed by atoms with Crippen molar-refractivity contribution in [3.8, 4) is 11.4 Å². The molecule has 23 heavy (non-hydrogen) atoms. The second-order valence-electron chi connectivity index (χ2n) is 4.65. The summed E-state index contributed by atoms with van der Waals surface area (Å²) in [6, 6.07) is 14.1. The lowest BCUT2D eigenvalue weighted by atomic mass is 10.3. The van der Waals surface area contributed by atoms with E-state index in [9.17, 15) is 13.5 Å². The second kappa shape index (κ2) is 5.88. The highest BCUT2D eigenvalue weighted by molar-refractivity contribution is 7.91. The molecule has 0 unspecified atom stereocenters. The predicted molar refractivity (Wildman–Crippen MR) is 87.1 cm³/mol. The smallest absolute Gasteiger partial charge is 0.229 e. The van der Waals surface area contributed by atoms with Crippen molar-refractivity contribution in [1.82, 2.24) is 9.78 Å². The summed E-state index contributed by atoms with van der Waals surface area (Å²) in [6.07, 6.45) is 0. The van der Waals surface area contributed by atoms with Crippen LogP contribution in [0.2, 0.25) is 10.2 Å². The molecular formula is C15H10Cl2N2O3S. The Kier molecular flexibility index (Phi) is 4.06. The lowest BCUT2D eigenvalue weighted by molar-refractivity contribution is 0.458. The van der Waals surface area contributed by atoms with Gasteiger partial charge in [0, 0.05) is 5.02 Å². The zero-order chi connectivity index (χ0) is 16.6. The van der Waals surface area contributed by atoms with Gasteiger partial charge in [0.15, 0.2) is 10.9 Å². The molecule has 0 aliphatic heterocycles. The highest BCUT2D eigenvalue weighted by atomic mass is 35.5. The minimum Gasteiger partial charge on any atom is -0.503 e. The number of halogens is 2. The summed E-state index contributed by atoms with van der Waals surface area (Å²) < 4.78 is 26.3. The van der Waals surface area contributed by atoms with Crippen molar-refractivity contribution in [1.29, 1.82) is 0 Å². The maximum Gasteiger partial charge on any atom is 0.229 e. The number of hydrogen-bond donors (Lipinski definition) is 1. The topological polar surface area (TPSA) is 72.2 Å². The highest BCUT2D eigenvalue weighted by Crippen LogP contribution is 2.35. The predicted octanol–water partition coefficient (Wildman–Crippen LogP) is 3.72. The zero-order valence-corrected chi connectivity index (χ0v) is 13.8. The minimum atomic E-state index is -3.98. The van der Waals surface area contributed by atoms with Gasteiger partial charge in [-0.25, -0.2) is 13.1 Å². The van der Waals surface area contributed by atoms with Crippen molar-refractivity contribution >= 4 is 33.0 Å². The summed E-state index contributed by atoms with van der Waals surface area (Å²) in [5.74, 6) is -0.592. The van der Waals surface area contributed by atoms with Crippen molar-refractivity contribution in [2.45, 2.75) is 9.92 Å². The maximum atomic E-state index is 12.6. The van der Waals surface area contributed by atoms with Gasteiger partial charge in [-0.2, -0.15) is 5.10 Å². The number of hydrogen-bond acceptors (Lipinski definition) is 4. The van der Waals surface area contributed by atoms with Crippen LogP contribution in [0, 0.1) is 0 Å². The summed E-state index contributed by atoms with van der Waals surface area (Å²) in [6.45, 7) is 0. The Hall–Kier alpha value is -2.02. The molecule has 0 atom stereocenters. The maximum absolute atomic E-state index is 12.6. The minimum absolute atomic E-state index is 0.0210. The van der Waals surface area contributed by atoms with Crippen LogP contribution >= 0.6 is 23.2 Å². The third kappa shape index (κ3) is 2.81. The van der Waals surface area contributed by atoms with E-state index in [1.54, 1.807) is 42.5 Å². The SMILES string of the molecule is O=S(=O)(c1ccccc1)c1nn(-c2ccc(Cl)cc2)c(Cl)c1O. The first-order valence-corrected chi connectivity index (χ1v) is 8.69. The standard InChI is InChI=1S/C15H10Cl2N2O3S/c16-10-6-8-11(9-7-10)19-14(17)13(20)15(18-19)23(21,22)12-4-2-1-3-5-12/h1-9,20H. The summed E-state index contributed by atoms with van der Waals surface area (Å²) in [4.78, 5) is 0.0210. The Bertz CT molecular complexity index is 952. The molecule has 0 amide bonds. The van der Waals surface area contributed by atoms with E-state index >= 15 is 0 Å². The Morgan fingerprint density at radius 1 is 0.957 bits per heavy atom. The average molecular weight is 369 g/mol. The van der Waals surface area contributed by atoms with E-state index in [1.807, 2.05) is 0 Å². The fourth-order valence-electron chi connectivity index (χ4n) is 2.02. The lowest BCUT2D eigenvalue weighted by Crippen LogP contribution is -2.04. The Labute approximate surface area is 142 Å². The van der Waals surface area contributed by atoms with Crippen molar-refractivity contribution in [3.05, 3.63) is 64.8 Å². The summed E-state index contributed by atoms with van der Waals surface area (Å²) in [7, 11) is -3.98. The van der Waals surface area contributed by atoms with Gasteiger partial charge in [0.2, 0.25) is 14.9 Å². The van der Waals surface area contributed by atoms with Crippen LogP contribution in [-0.2, 0) is 9.84 Å². The van der Waals surface area contributed by atoms with E-state index in [0.29, 0.717) is 10.7 Å². The molecule has 0 bridgehead atoms. The van der Waals surface area contributed by atoms with E-state index < -0.39 is 20.6 Å². The first kappa shape index (κ1) is 15.9. The molecule has 3 rings (SSSR count). The molecule has 0 aliphatic carbocycles. The van der Waals surface area contributed by atoms with Crippen LogP contribution < -0.4 is 0 Å². The van der Waals surface area contributed by atoms with Crippen LogP contribution in [0.1, 0.15) is 0 Å². The molecule has 3 aromatic rings. The van der Waals surface area contributed by atoms with Crippen molar-refractivity contribution < 1.29 is 13.5 Å². The number of nitrogens with zero attached hydrogens (tertiary/aromatic N) is 2. The van der Waals surface area contributed by atoms with Gasteiger partial charge in [-0.15, -0.1) is 0 Å². The van der Waals surface area contributed by atoms with Gasteiger partial charge in [-0.1, -0.05) is 41.4 Å². The zero-order valence-electron chi connectivity index (χ0n) is 11.5. The molecular weight excluding hydrogens is 359 g/mol. The third-order valence-corrected chi connectivity index (χ3v) is 5.42. The lowest BCUT2D eigenvalue weighted by Gasteiger charge is -2.02. The molecule has 1 N–H and O–H groups in total. The van der Waals surface area contributed by atoms with Gasteiger partial charge in [0.25, 0.3) is 0 Å². The van der Waals surface area contributed by atoms with Crippen LogP contribution in [0.15, 0.2) is 64.5 Å². The van der Waals surface area contributed by atoms with Crippen LogP contribution in [0.5, 0.6) is 5.75 Å². The molecule has 8 heteroatoms. The van der Waals surface area contributed by atoms with E-state index in [-0.39, 0.29) is 10.0 Å². The number of benzene rings is 2. The first-order valence-electron chi connectivity index (χ1n) is 6.45. The van der Waals surface area contributed by atoms with Gasteiger partial charge in [-0.3, -0.25) is 0 Å². The van der Waals surface area contributed by atoms with Gasteiger partial charge < -0.3 is 5.11 Å². The van der Waals surface area contributed by atoms with E-state index in [0.717, 1.165) is 4.68 Å². The Morgan fingerprint density at radius 2 is 1.57 bits per heavy atom. The molecule has 1 aromatic heterocycles. The second-order valence-corrected chi connectivity index (χ2v) is 7.31. The van der Waals surface area contributed by atoms with Gasteiger partial charge in [0.1, 0.15) is 0 Å².